The van der Waals surface area contributed by atoms with Gasteiger partial charge in [0.05, 0.1) is 16.6 Å². The third-order valence-corrected chi connectivity index (χ3v) is 5.53. The van der Waals surface area contributed by atoms with Crippen molar-refractivity contribution in [3.63, 3.8) is 0 Å². The van der Waals surface area contributed by atoms with Crippen LogP contribution in [-0.4, -0.2) is 9.55 Å². The molecule has 0 atom stereocenters. The second-order valence-electron chi connectivity index (χ2n) is 6.94. The SMILES string of the molecule is Cc1cc2c(c(-c3c4ccccc4cc[n+]3C)c1C)Cc1nccn1-2. The summed E-state index contributed by atoms with van der Waals surface area (Å²) < 4.78 is 4.49. The Bertz CT molecular complexity index is 1150. The number of imidazole rings is 1. The molecular formula is C22H20N3+. The quantitative estimate of drug-likeness (QED) is 0.426. The number of pyridine rings is 1. The fourth-order valence-electron chi connectivity index (χ4n) is 4.13. The Morgan fingerprint density at radius 1 is 1.12 bits per heavy atom. The standard InChI is InChI=1S/C22H20N3/c1-14-12-19-18(13-20-23-9-11-25(19)20)21(15(14)2)22-17-7-5-4-6-16(17)8-10-24(22)3/h4-12H,13H2,1-3H3/q+1. The highest BCUT2D eigenvalue weighted by Crippen LogP contribution is 2.39. The number of benzene rings is 2. The van der Waals surface area contributed by atoms with Crippen molar-refractivity contribution in [1.29, 1.82) is 0 Å². The van der Waals surface area contributed by atoms with E-state index in [1.54, 1.807) is 0 Å². The van der Waals surface area contributed by atoms with Gasteiger partial charge < -0.3 is 4.57 Å². The summed E-state index contributed by atoms with van der Waals surface area (Å²) in [6.45, 7) is 4.45. The van der Waals surface area contributed by atoms with E-state index in [-0.39, 0.29) is 0 Å². The van der Waals surface area contributed by atoms with Gasteiger partial charge in [0, 0.05) is 24.9 Å². The van der Waals surface area contributed by atoms with Crippen molar-refractivity contribution in [2.24, 2.45) is 7.05 Å². The van der Waals surface area contributed by atoms with Crippen LogP contribution in [0.2, 0.25) is 0 Å². The summed E-state index contributed by atoms with van der Waals surface area (Å²) in [6, 6.07) is 13.1. The van der Waals surface area contributed by atoms with Crippen LogP contribution in [0.25, 0.3) is 27.7 Å². The summed E-state index contributed by atoms with van der Waals surface area (Å²) in [5.41, 5.74) is 8.00. The largest absolute Gasteiger partial charge is 0.303 e. The summed E-state index contributed by atoms with van der Waals surface area (Å²) >= 11 is 0. The number of rotatable bonds is 1. The fraction of sp³-hybridized carbons (Fsp3) is 0.182. The number of fused-ring (bicyclic) bond motifs is 4. The molecule has 122 valence electrons. The van der Waals surface area contributed by atoms with Crippen molar-refractivity contribution in [2.45, 2.75) is 20.3 Å². The van der Waals surface area contributed by atoms with E-state index in [0.717, 1.165) is 12.2 Å². The second kappa shape index (κ2) is 5.03. The van der Waals surface area contributed by atoms with Crippen molar-refractivity contribution in [3.8, 4) is 16.9 Å². The number of aryl methyl sites for hydroxylation is 2. The maximum atomic E-state index is 4.55. The minimum absolute atomic E-state index is 0.891. The van der Waals surface area contributed by atoms with Gasteiger partial charge in [-0.1, -0.05) is 18.2 Å². The summed E-state index contributed by atoms with van der Waals surface area (Å²) in [7, 11) is 2.14. The molecule has 3 heterocycles. The molecule has 0 bridgehead atoms. The topological polar surface area (TPSA) is 21.7 Å². The fourth-order valence-corrected chi connectivity index (χ4v) is 4.13. The molecule has 0 spiro atoms. The number of hydrogen-bond acceptors (Lipinski definition) is 1. The molecule has 0 radical (unpaired) electrons. The molecule has 25 heavy (non-hydrogen) atoms. The van der Waals surface area contributed by atoms with E-state index in [1.807, 2.05) is 6.20 Å². The lowest BCUT2D eigenvalue weighted by atomic mass is 9.90. The Morgan fingerprint density at radius 3 is 2.84 bits per heavy atom. The van der Waals surface area contributed by atoms with Crippen molar-refractivity contribution in [1.82, 2.24) is 9.55 Å². The first-order valence-corrected chi connectivity index (χ1v) is 8.68. The molecule has 5 rings (SSSR count). The first-order chi connectivity index (χ1) is 12.1. The van der Waals surface area contributed by atoms with Crippen LogP contribution in [0.4, 0.5) is 0 Å². The van der Waals surface area contributed by atoms with E-state index in [4.69, 9.17) is 0 Å². The summed E-state index contributed by atoms with van der Waals surface area (Å²) in [4.78, 5) is 4.55. The van der Waals surface area contributed by atoms with Gasteiger partial charge in [-0.25, -0.2) is 9.55 Å². The minimum atomic E-state index is 0.891. The highest BCUT2D eigenvalue weighted by molar-refractivity contribution is 5.95. The van der Waals surface area contributed by atoms with Gasteiger partial charge in [-0.15, -0.1) is 0 Å². The Morgan fingerprint density at radius 2 is 1.96 bits per heavy atom. The minimum Gasteiger partial charge on any atom is -0.303 e. The zero-order chi connectivity index (χ0) is 17.1. The van der Waals surface area contributed by atoms with Gasteiger partial charge in [-0.3, -0.25) is 0 Å². The van der Waals surface area contributed by atoms with Gasteiger partial charge in [0.15, 0.2) is 6.20 Å². The average Bonchev–Trinajstić information content (AvgIpc) is 3.19. The summed E-state index contributed by atoms with van der Waals surface area (Å²) in [6.07, 6.45) is 7.02. The molecule has 2 aromatic heterocycles. The third kappa shape index (κ3) is 1.92. The molecule has 0 saturated heterocycles. The van der Waals surface area contributed by atoms with Gasteiger partial charge >= 0.3 is 0 Å². The lowest BCUT2D eigenvalue weighted by Crippen LogP contribution is -2.31. The van der Waals surface area contributed by atoms with E-state index in [9.17, 15) is 0 Å². The Balaban J connectivity index is 1.92. The molecule has 0 aliphatic carbocycles. The molecule has 4 aromatic rings. The van der Waals surface area contributed by atoms with Gasteiger partial charge in [-0.05, 0) is 48.1 Å². The van der Waals surface area contributed by atoms with Crippen molar-refractivity contribution in [2.75, 3.05) is 0 Å². The highest BCUT2D eigenvalue weighted by atomic mass is 15.1. The van der Waals surface area contributed by atoms with Gasteiger partial charge in [0.2, 0.25) is 5.69 Å². The highest BCUT2D eigenvalue weighted by Gasteiger charge is 2.29. The van der Waals surface area contributed by atoms with Gasteiger partial charge in [0.1, 0.15) is 12.9 Å². The first-order valence-electron chi connectivity index (χ1n) is 8.68. The maximum absolute atomic E-state index is 4.55. The van der Waals surface area contributed by atoms with Gasteiger partial charge in [-0.2, -0.15) is 0 Å². The van der Waals surface area contributed by atoms with E-state index < -0.39 is 0 Å². The molecule has 0 amide bonds. The molecule has 0 unspecified atom stereocenters. The van der Waals surface area contributed by atoms with Crippen LogP contribution in [0.5, 0.6) is 0 Å². The third-order valence-electron chi connectivity index (χ3n) is 5.53. The summed E-state index contributed by atoms with van der Waals surface area (Å²) in [5.74, 6) is 1.13. The molecule has 0 fully saturated rings. The number of hydrogen-bond donors (Lipinski definition) is 0. The van der Waals surface area contributed by atoms with Crippen LogP contribution >= 0.6 is 0 Å². The molecule has 0 saturated carbocycles. The Labute approximate surface area is 147 Å². The van der Waals surface area contributed by atoms with Crippen molar-refractivity contribution < 1.29 is 4.57 Å². The molecule has 0 N–H and O–H groups in total. The molecule has 1 aliphatic heterocycles. The molecular weight excluding hydrogens is 306 g/mol. The smallest absolute Gasteiger partial charge is 0.220 e. The van der Waals surface area contributed by atoms with Crippen LogP contribution in [0, 0.1) is 13.8 Å². The van der Waals surface area contributed by atoms with E-state index in [1.165, 1.54) is 44.4 Å². The Hall–Kier alpha value is -2.94. The predicted molar refractivity (Wildman–Crippen MR) is 100.0 cm³/mol. The van der Waals surface area contributed by atoms with E-state index >= 15 is 0 Å². The molecule has 3 heteroatoms. The van der Waals surface area contributed by atoms with Crippen LogP contribution in [0.3, 0.4) is 0 Å². The van der Waals surface area contributed by atoms with Crippen LogP contribution in [0.15, 0.2) is 55.0 Å². The number of nitrogens with zero attached hydrogens (tertiary/aromatic N) is 3. The normalized spacial score (nSPS) is 12.4. The van der Waals surface area contributed by atoms with E-state index in [0.29, 0.717) is 0 Å². The maximum Gasteiger partial charge on any atom is 0.220 e. The van der Waals surface area contributed by atoms with Crippen LogP contribution in [-0.2, 0) is 13.5 Å². The van der Waals surface area contributed by atoms with Crippen molar-refractivity contribution in [3.05, 3.63) is 77.5 Å². The van der Waals surface area contributed by atoms with E-state index in [2.05, 4.69) is 83.8 Å². The zero-order valence-electron chi connectivity index (χ0n) is 14.7. The Kier molecular flexibility index (Phi) is 2.90. The average molecular weight is 326 g/mol. The second-order valence-corrected chi connectivity index (χ2v) is 6.94. The van der Waals surface area contributed by atoms with Crippen LogP contribution < -0.4 is 4.57 Å². The van der Waals surface area contributed by atoms with Crippen molar-refractivity contribution >= 4 is 10.8 Å². The monoisotopic (exact) mass is 326 g/mol. The lowest BCUT2D eigenvalue weighted by molar-refractivity contribution is -0.659. The molecule has 2 aromatic carbocycles. The predicted octanol–water partition coefficient (Wildman–Crippen LogP) is 4.04. The first kappa shape index (κ1) is 14.4. The summed E-state index contributed by atoms with van der Waals surface area (Å²) in [5, 5.41) is 2.58. The lowest BCUT2D eigenvalue weighted by Gasteiger charge is -2.15. The molecule has 3 nitrogen and oxygen atoms in total. The van der Waals surface area contributed by atoms with Gasteiger partial charge in [0.25, 0.3) is 0 Å². The molecule has 1 aliphatic rings. The zero-order valence-corrected chi connectivity index (χ0v) is 14.7. The number of aromatic nitrogens is 3. The van der Waals surface area contributed by atoms with Crippen LogP contribution in [0.1, 0.15) is 22.5 Å².